The van der Waals surface area contributed by atoms with Crippen molar-refractivity contribution in [2.45, 2.75) is 13.5 Å². The molecule has 2 rings (SSSR count). The molecule has 1 amide bonds. The number of carbonyl (C=O) groups excluding carboxylic acids is 1. The summed E-state index contributed by atoms with van der Waals surface area (Å²) in [5.41, 5.74) is 1.47. The van der Waals surface area contributed by atoms with Gasteiger partial charge in [-0.25, -0.2) is 4.39 Å². The maximum Gasteiger partial charge on any atom is 0.292 e. The molecular formula is C13H12BrFN2O2. The Kier molecular flexibility index (Phi) is 3.99. The van der Waals surface area contributed by atoms with Crippen molar-refractivity contribution in [2.75, 3.05) is 7.05 Å². The Morgan fingerprint density at radius 3 is 2.79 bits per heavy atom. The quantitative estimate of drug-likeness (QED) is 0.870. The number of aryl methyl sites for hydroxylation is 1. The fraction of sp³-hybridized carbons (Fsp3) is 0.231. The van der Waals surface area contributed by atoms with E-state index in [1.165, 1.54) is 17.0 Å². The van der Waals surface area contributed by atoms with Crippen LogP contribution in [-0.4, -0.2) is 23.0 Å². The highest BCUT2D eigenvalue weighted by Gasteiger charge is 2.17. The van der Waals surface area contributed by atoms with E-state index in [0.29, 0.717) is 16.7 Å². The predicted molar refractivity (Wildman–Crippen MR) is 71.1 cm³/mol. The molecular weight excluding hydrogens is 315 g/mol. The fourth-order valence-corrected chi connectivity index (χ4v) is 2.11. The van der Waals surface area contributed by atoms with Crippen molar-refractivity contribution in [1.82, 2.24) is 10.1 Å². The number of hydrogen-bond acceptors (Lipinski definition) is 3. The van der Waals surface area contributed by atoms with Crippen LogP contribution in [0.25, 0.3) is 0 Å². The molecule has 1 aromatic carbocycles. The van der Waals surface area contributed by atoms with Gasteiger partial charge < -0.3 is 9.42 Å². The van der Waals surface area contributed by atoms with Gasteiger partial charge in [0, 0.05) is 24.1 Å². The number of benzene rings is 1. The zero-order chi connectivity index (χ0) is 14.0. The number of rotatable bonds is 3. The minimum Gasteiger partial charge on any atom is -0.351 e. The lowest BCUT2D eigenvalue weighted by Crippen LogP contribution is -2.26. The lowest BCUT2D eigenvalue weighted by Gasteiger charge is -2.16. The van der Waals surface area contributed by atoms with Crippen LogP contribution in [0.5, 0.6) is 0 Å². The van der Waals surface area contributed by atoms with E-state index in [2.05, 4.69) is 21.1 Å². The van der Waals surface area contributed by atoms with Crippen molar-refractivity contribution in [2.24, 2.45) is 0 Å². The highest BCUT2D eigenvalue weighted by atomic mass is 79.9. The van der Waals surface area contributed by atoms with Crippen LogP contribution in [0.2, 0.25) is 0 Å². The standard InChI is InChI=1S/C13H12BrFN2O2/c1-8-5-12(19-16-8)13(18)17(2)7-9-3-4-10(15)6-11(9)14/h3-6H,7H2,1-2H3. The zero-order valence-electron chi connectivity index (χ0n) is 10.5. The van der Waals surface area contributed by atoms with Crippen molar-refractivity contribution in [1.29, 1.82) is 0 Å². The first kappa shape index (κ1) is 13.7. The van der Waals surface area contributed by atoms with Gasteiger partial charge in [-0.2, -0.15) is 0 Å². The Labute approximate surface area is 118 Å². The third-order valence-corrected chi connectivity index (χ3v) is 3.35. The van der Waals surface area contributed by atoms with Crippen LogP contribution in [0.3, 0.4) is 0 Å². The van der Waals surface area contributed by atoms with Crippen LogP contribution >= 0.6 is 15.9 Å². The van der Waals surface area contributed by atoms with E-state index in [-0.39, 0.29) is 17.5 Å². The molecule has 0 N–H and O–H groups in total. The summed E-state index contributed by atoms with van der Waals surface area (Å²) in [7, 11) is 1.65. The lowest BCUT2D eigenvalue weighted by molar-refractivity contribution is 0.0743. The topological polar surface area (TPSA) is 46.3 Å². The van der Waals surface area contributed by atoms with Gasteiger partial charge in [-0.3, -0.25) is 4.79 Å². The number of hydrogen-bond donors (Lipinski definition) is 0. The average Bonchev–Trinajstić information content (AvgIpc) is 2.78. The number of aromatic nitrogens is 1. The van der Waals surface area contributed by atoms with Crippen LogP contribution in [0.4, 0.5) is 4.39 Å². The Morgan fingerprint density at radius 2 is 2.21 bits per heavy atom. The van der Waals surface area contributed by atoms with Gasteiger partial charge in [0.15, 0.2) is 0 Å². The second-order valence-corrected chi connectivity index (χ2v) is 5.08. The second-order valence-electron chi connectivity index (χ2n) is 4.23. The molecule has 0 atom stereocenters. The van der Waals surface area contributed by atoms with Crippen molar-refractivity contribution in [3.05, 3.63) is 51.6 Å². The summed E-state index contributed by atoms with van der Waals surface area (Å²) in [6.45, 7) is 2.09. The molecule has 0 aliphatic rings. The largest absolute Gasteiger partial charge is 0.351 e. The summed E-state index contributed by atoms with van der Waals surface area (Å²) in [6, 6.07) is 5.94. The van der Waals surface area contributed by atoms with Crippen molar-refractivity contribution in [3.8, 4) is 0 Å². The Bertz CT molecular complexity index is 612. The summed E-state index contributed by atoms with van der Waals surface area (Å²) in [5, 5.41) is 3.67. The van der Waals surface area contributed by atoms with Gasteiger partial charge in [-0.05, 0) is 24.6 Å². The van der Waals surface area contributed by atoms with E-state index in [1.54, 1.807) is 26.1 Å². The van der Waals surface area contributed by atoms with Gasteiger partial charge in [0.2, 0.25) is 5.76 Å². The van der Waals surface area contributed by atoms with Crippen LogP contribution in [-0.2, 0) is 6.54 Å². The molecule has 1 aromatic heterocycles. The summed E-state index contributed by atoms with van der Waals surface area (Å²) < 4.78 is 18.5. The normalized spacial score (nSPS) is 10.5. The summed E-state index contributed by atoms with van der Waals surface area (Å²) in [5.74, 6) is -0.398. The highest BCUT2D eigenvalue weighted by Crippen LogP contribution is 2.20. The molecule has 1 heterocycles. The van der Waals surface area contributed by atoms with Crippen molar-refractivity contribution < 1.29 is 13.7 Å². The first-order valence-corrected chi connectivity index (χ1v) is 6.39. The van der Waals surface area contributed by atoms with Gasteiger partial charge in [-0.15, -0.1) is 0 Å². The second kappa shape index (κ2) is 5.52. The van der Waals surface area contributed by atoms with Crippen LogP contribution in [0, 0.1) is 12.7 Å². The molecule has 0 saturated heterocycles. The summed E-state index contributed by atoms with van der Waals surface area (Å²) in [4.78, 5) is 13.5. The van der Waals surface area contributed by atoms with E-state index < -0.39 is 0 Å². The first-order chi connectivity index (χ1) is 8.97. The summed E-state index contributed by atoms with van der Waals surface area (Å²) >= 11 is 3.27. The monoisotopic (exact) mass is 326 g/mol. The smallest absolute Gasteiger partial charge is 0.292 e. The average molecular weight is 327 g/mol. The van der Waals surface area contributed by atoms with E-state index >= 15 is 0 Å². The molecule has 0 bridgehead atoms. The van der Waals surface area contributed by atoms with Gasteiger partial charge in [0.1, 0.15) is 5.82 Å². The Balaban J connectivity index is 2.12. The third-order valence-electron chi connectivity index (χ3n) is 2.61. The molecule has 0 fully saturated rings. The van der Waals surface area contributed by atoms with Crippen molar-refractivity contribution in [3.63, 3.8) is 0 Å². The minimum absolute atomic E-state index is 0.193. The molecule has 0 unspecified atom stereocenters. The molecule has 4 nitrogen and oxygen atoms in total. The van der Waals surface area contributed by atoms with Gasteiger partial charge in [0.05, 0.1) is 5.69 Å². The summed E-state index contributed by atoms with van der Waals surface area (Å²) in [6.07, 6.45) is 0. The lowest BCUT2D eigenvalue weighted by atomic mass is 10.2. The number of nitrogens with zero attached hydrogens (tertiary/aromatic N) is 2. The van der Waals surface area contributed by atoms with Crippen molar-refractivity contribution >= 4 is 21.8 Å². The number of carbonyl (C=O) groups is 1. The number of amides is 1. The fourth-order valence-electron chi connectivity index (χ4n) is 1.63. The van der Waals surface area contributed by atoms with Gasteiger partial charge in [0.25, 0.3) is 5.91 Å². The first-order valence-electron chi connectivity index (χ1n) is 5.60. The van der Waals surface area contributed by atoms with Crippen LogP contribution in [0.1, 0.15) is 21.8 Å². The molecule has 0 spiro atoms. The zero-order valence-corrected chi connectivity index (χ0v) is 12.1. The van der Waals surface area contributed by atoms with E-state index in [1.807, 2.05) is 0 Å². The molecule has 0 saturated carbocycles. The Morgan fingerprint density at radius 1 is 1.47 bits per heavy atom. The van der Waals surface area contributed by atoms with Gasteiger partial charge >= 0.3 is 0 Å². The van der Waals surface area contributed by atoms with E-state index in [4.69, 9.17) is 4.52 Å². The predicted octanol–water partition coefficient (Wildman–Crippen LogP) is 3.16. The maximum atomic E-state index is 13.0. The minimum atomic E-state index is -0.324. The maximum absolute atomic E-state index is 13.0. The molecule has 0 aliphatic heterocycles. The SMILES string of the molecule is Cc1cc(C(=O)N(C)Cc2ccc(F)cc2Br)on1. The van der Waals surface area contributed by atoms with Crippen LogP contribution < -0.4 is 0 Å². The highest BCUT2D eigenvalue weighted by molar-refractivity contribution is 9.10. The molecule has 19 heavy (non-hydrogen) atoms. The molecule has 0 radical (unpaired) electrons. The molecule has 2 aromatic rings. The molecule has 6 heteroatoms. The Hall–Kier alpha value is -1.69. The molecule has 0 aliphatic carbocycles. The third kappa shape index (κ3) is 3.20. The van der Waals surface area contributed by atoms with Gasteiger partial charge in [-0.1, -0.05) is 27.2 Å². The van der Waals surface area contributed by atoms with Crippen LogP contribution in [0.15, 0.2) is 33.3 Å². The van der Waals surface area contributed by atoms with E-state index in [9.17, 15) is 9.18 Å². The van der Waals surface area contributed by atoms with E-state index in [0.717, 1.165) is 5.56 Å². The molecule has 100 valence electrons. The number of halogens is 2.